The van der Waals surface area contributed by atoms with Gasteiger partial charge >= 0.3 is 6.18 Å². The first-order valence-corrected chi connectivity index (χ1v) is 11.4. The molecule has 1 amide bonds. The van der Waals surface area contributed by atoms with Crippen molar-refractivity contribution < 1.29 is 23.1 Å². The van der Waals surface area contributed by atoms with Crippen molar-refractivity contribution in [2.75, 3.05) is 38.1 Å². The van der Waals surface area contributed by atoms with Crippen molar-refractivity contribution >= 4 is 22.5 Å². The molecular formula is C24H28F3N5O2. The zero-order valence-electron chi connectivity index (χ0n) is 19.0. The number of nitrogens with zero attached hydrogens (tertiary/aromatic N) is 4. The van der Waals surface area contributed by atoms with Gasteiger partial charge in [-0.1, -0.05) is 0 Å². The van der Waals surface area contributed by atoms with Gasteiger partial charge < -0.3 is 20.2 Å². The molecule has 7 nitrogen and oxygen atoms in total. The summed E-state index contributed by atoms with van der Waals surface area (Å²) < 4.78 is 41.4. The van der Waals surface area contributed by atoms with Crippen molar-refractivity contribution in [3.05, 3.63) is 36.0 Å². The van der Waals surface area contributed by atoms with E-state index in [-0.39, 0.29) is 25.9 Å². The van der Waals surface area contributed by atoms with Crippen LogP contribution in [-0.4, -0.2) is 71.9 Å². The zero-order chi connectivity index (χ0) is 24.5. The van der Waals surface area contributed by atoms with E-state index in [9.17, 15) is 28.3 Å². The molecule has 10 heteroatoms. The Bertz CT molecular complexity index is 1090. The molecule has 0 saturated carbocycles. The Hall–Kier alpha value is -2.90. The highest BCUT2D eigenvalue weighted by molar-refractivity contribution is 5.95. The molecule has 0 spiro atoms. The van der Waals surface area contributed by atoms with Crippen molar-refractivity contribution in [2.45, 2.75) is 43.5 Å². The summed E-state index contributed by atoms with van der Waals surface area (Å²) in [6.07, 6.45) is -2.34. The van der Waals surface area contributed by atoms with E-state index in [1.807, 2.05) is 7.05 Å². The Morgan fingerprint density at radius 2 is 2.03 bits per heavy atom. The first-order valence-electron chi connectivity index (χ1n) is 11.4. The van der Waals surface area contributed by atoms with Crippen LogP contribution in [0.1, 0.15) is 31.2 Å². The number of benzene rings is 1. The quantitative estimate of drug-likeness (QED) is 0.707. The summed E-state index contributed by atoms with van der Waals surface area (Å²) in [4.78, 5) is 20.7. The lowest BCUT2D eigenvalue weighted by atomic mass is 9.87. The van der Waals surface area contributed by atoms with E-state index in [0.29, 0.717) is 48.1 Å². The van der Waals surface area contributed by atoms with Gasteiger partial charge in [-0.05, 0) is 50.6 Å². The fourth-order valence-corrected chi connectivity index (χ4v) is 4.95. The van der Waals surface area contributed by atoms with Crippen molar-refractivity contribution in [1.29, 1.82) is 5.26 Å². The minimum Gasteiger partial charge on any atom is -0.389 e. The molecule has 2 saturated heterocycles. The SMILES string of the molecule is CN1CCC(O)(CC(=O)N[C@@H]2CC(C(F)(F)F)CN(c3ccc(C#N)c4ncccc34)C2)CC1. The monoisotopic (exact) mass is 475 g/mol. The molecule has 182 valence electrons. The number of likely N-dealkylation sites (tertiary alicyclic amines) is 1. The fraction of sp³-hybridized carbons (Fsp3) is 0.542. The number of hydrogen-bond acceptors (Lipinski definition) is 6. The number of piperidine rings is 2. The molecule has 2 aromatic rings. The molecule has 34 heavy (non-hydrogen) atoms. The molecule has 4 rings (SSSR count). The van der Waals surface area contributed by atoms with Gasteiger partial charge in [0.1, 0.15) is 6.07 Å². The third kappa shape index (κ3) is 5.26. The summed E-state index contributed by atoms with van der Waals surface area (Å²) in [5.41, 5.74) is 0.189. The van der Waals surface area contributed by atoms with Crippen LogP contribution in [0.25, 0.3) is 10.9 Å². The number of nitriles is 1. The van der Waals surface area contributed by atoms with Gasteiger partial charge in [-0.25, -0.2) is 0 Å². The van der Waals surface area contributed by atoms with Gasteiger partial charge in [0.05, 0.1) is 29.0 Å². The molecule has 2 aliphatic heterocycles. The van der Waals surface area contributed by atoms with E-state index >= 15 is 0 Å². The number of aliphatic hydroxyl groups is 1. The average Bonchev–Trinajstić information content (AvgIpc) is 2.79. The number of alkyl halides is 3. The van der Waals surface area contributed by atoms with Crippen molar-refractivity contribution in [1.82, 2.24) is 15.2 Å². The summed E-state index contributed by atoms with van der Waals surface area (Å²) in [6, 6.07) is 7.95. The molecule has 0 aliphatic carbocycles. The van der Waals surface area contributed by atoms with Gasteiger partial charge in [0.2, 0.25) is 5.91 Å². The number of hydrogen-bond donors (Lipinski definition) is 2. The van der Waals surface area contributed by atoms with Crippen molar-refractivity contribution in [3.8, 4) is 6.07 Å². The zero-order valence-corrected chi connectivity index (χ0v) is 19.0. The first kappa shape index (κ1) is 24.2. The molecular weight excluding hydrogens is 447 g/mol. The summed E-state index contributed by atoms with van der Waals surface area (Å²) in [7, 11) is 1.94. The summed E-state index contributed by atoms with van der Waals surface area (Å²) in [5, 5.41) is 23.5. The van der Waals surface area contributed by atoms with Crippen LogP contribution in [0.15, 0.2) is 30.5 Å². The normalized spacial score (nSPS) is 23.5. The Morgan fingerprint density at radius 1 is 1.29 bits per heavy atom. The Balaban J connectivity index is 1.55. The van der Waals surface area contributed by atoms with Gasteiger partial charge in [0, 0.05) is 49.5 Å². The second-order valence-electron chi connectivity index (χ2n) is 9.49. The van der Waals surface area contributed by atoms with E-state index in [0.717, 1.165) is 0 Å². The van der Waals surface area contributed by atoms with Gasteiger partial charge in [0.25, 0.3) is 0 Å². The van der Waals surface area contributed by atoms with Gasteiger partial charge in [-0.2, -0.15) is 18.4 Å². The number of carbonyl (C=O) groups excluding carboxylic acids is 1. The first-order chi connectivity index (χ1) is 16.1. The highest BCUT2D eigenvalue weighted by Gasteiger charge is 2.45. The van der Waals surface area contributed by atoms with Gasteiger partial charge in [0.15, 0.2) is 0 Å². The second-order valence-corrected chi connectivity index (χ2v) is 9.49. The number of pyridine rings is 1. The lowest BCUT2D eigenvalue weighted by Gasteiger charge is -2.41. The second kappa shape index (κ2) is 9.39. The molecule has 2 N–H and O–H groups in total. The van der Waals surface area contributed by atoms with Crippen LogP contribution >= 0.6 is 0 Å². The maximum absolute atomic E-state index is 13.8. The number of nitrogens with one attached hydrogen (secondary N) is 1. The largest absolute Gasteiger partial charge is 0.393 e. The molecule has 2 atom stereocenters. The predicted molar refractivity (Wildman–Crippen MR) is 121 cm³/mol. The van der Waals surface area contributed by atoms with Crippen molar-refractivity contribution in [3.63, 3.8) is 0 Å². The summed E-state index contributed by atoms with van der Waals surface area (Å²) >= 11 is 0. The van der Waals surface area contributed by atoms with Crippen LogP contribution in [0.4, 0.5) is 18.9 Å². The Kier molecular flexibility index (Phi) is 6.69. The number of anilines is 1. The van der Waals surface area contributed by atoms with Crippen LogP contribution in [0.3, 0.4) is 0 Å². The molecule has 2 fully saturated rings. The number of halogens is 3. The maximum Gasteiger partial charge on any atom is 0.393 e. The third-order valence-corrected chi connectivity index (χ3v) is 6.89. The topological polar surface area (TPSA) is 92.5 Å². The molecule has 1 aromatic heterocycles. The van der Waals surface area contributed by atoms with Gasteiger partial charge in [-0.15, -0.1) is 0 Å². The fourth-order valence-electron chi connectivity index (χ4n) is 4.95. The molecule has 1 unspecified atom stereocenters. The highest BCUT2D eigenvalue weighted by Crippen LogP contribution is 2.37. The summed E-state index contributed by atoms with van der Waals surface area (Å²) in [5.74, 6) is -2.06. The van der Waals surface area contributed by atoms with E-state index in [1.54, 1.807) is 35.4 Å². The van der Waals surface area contributed by atoms with E-state index in [1.165, 1.54) is 0 Å². The minimum atomic E-state index is -4.42. The van der Waals surface area contributed by atoms with Crippen LogP contribution in [-0.2, 0) is 4.79 Å². The summed E-state index contributed by atoms with van der Waals surface area (Å²) in [6.45, 7) is 1.27. The van der Waals surface area contributed by atoms with Crippen LogP contribution in [0.5, 0.6) is 0 Å². The van der Waals surface area contributed by atoms with Crippen molar-refractivity contribution in [2.24, 2.45) is 5.92 Å². The molecule has 3 heterocycles. The Morgan fingerprint density at radius 3 is 2.71 bits per heavy atom. The molecule has 0 bridgehead atoms. The number of fused-ring (bicyclic) bond motifs is 1. The van der Waals surface area contributed by atoms with E-state index < -0.39 is 29.6 Å². The number of rotatable bonds is 4. The highest BCUT2D eigenvalue weighted by atomic mass is 19.4. The number of aromatic nitrogens is 1. The molecule has 2 aliphatic rings. The maximum atomic E-state index is 13.8. The number of carbonyl (C=O) groups is 1. The number of amides is 1. The van der Waals surface area contributed by atoms with Gasteiger partial charge in [-0.3, -0.25) is 9.78 Å². The third-order valence-electron chi connectivity index (χ3n) is 6.89. The predicted octanol–water partition coefficient (Wildman–Crippen LogP) is 2.83. The standard InChI is InChI=1S/C24H28F3N5O2/c1-31-9-6-23(34,7-10-31)12-21(33)30-18-11-17(24(25,26)27)14-32(15-18)20-5-4-16(13-28)22-19(20)3-2-8-29-22/h2-5,8,17-18,34H,6-7,9-12,14-15H2,1H3,(H,30,33)/t17?,18-/m1/s1. The molecule has 0 radical (unpaired) electrons. The van der Waals surface area contributed by atoms with E-state index in [4.69, 9.17) is 0 Å². The Labute approximate surface area is 196 Å². The van der Waals surface area contributed by atoms with Crippen LogP contribution in [0.2, 0.25) is 0 Å². The smallest absolute Gasteiger partial charge is 0.389 e. The molecule has 1 aromatic carbocycles. The minimum absolute atomic E-state index is 0.127. The van der Waals surface area contributed by atoms with Crippen LogP contribution < -0.4 is 10.2 Å². The lowest BCUT2D eigenvalue weighted by Crippen LogP contribution is -2.55. The lowest BCUT2D eigenvalue weighted by molar-refractivity contribution is -0.178. The average molecular weight is 476 g/mol. The van der Waals surface area contributed by atoms with E-state index in [2.05, 4.69) is 21.3 Å². The van der Waals surface area contributed by atoms with Crippen LogP contribution in [0, 0.1) is 17.2 Å².